The number of rotatable bonds is 3. The van der Waals surface area contributed by atoms with Crippen LogP contribution in [-0.4, -0.2) is 23.1 Å². The van der Waals surface area contributed by atoms with Gasteiger partial charge >= 0.3 is 0 Å². The van der Waals surface area contributed by atoms with Gasteiger partial charge in [-0.2, -0.15) is 4.98 Å². The SMILES string of the molecule is COc1cc(C)nc(NC2CC=CC2)n1. The van der Waals surface area contributed by atoms with E-state index in [9.17, 15) is 0 Å². The zero-order valence-electron chi connectivity index (χ0n) is 9.03. The number of anilines is 1. The molecular weight excluding hydrogens is 190 g/mol. The van der Waals surface area contributed by atoms with Gasteiger partial charge in [0.15, 0.2) is 0 Å². The molecule has 0 spiro atoms. The maximum absolute atomic E-state index is 5.09. The van der Waals surface area contributed by atoms with E-state index in [1.807, 2.05) is 13.0 Å². The van der Waals surface area contributed by atoms with E-state index in [1.165, 1.54) is 0 Å². The molecule has 1 aromatic heterocycles. The first-order chi connectivity index (χ1) is 7.28. The molecule has 1 N–H and O–H groups in total. The van der Waals surface area contributed by atoms with Gasteiger partial charge in [0.2, 0.25) is 11.8 Å². The molecule has 2 rings (SSSR count). The highest BCUT2D eigenvalue weighted by Crippen LogP contribution is 2.16. The first-order valence-corrected chi connectivity index (χ1v) is 5.09. The van der Waals surface area contributed by atoms with Gasteiger partial charge in [0.25, 0.3) is 0 Å². The van der Waals surface area contributed by atoms with Crippen LogP contribution in [-0.2, 0) is 0 Å². The quantitative estimate of drug-likeness (QED) is 0.766. The topological polar surface area (TPSA) is 47.0 Å². The lowest BCUT2D eigenvalue weighted by molar-refractivity contribution is 0.397. The minimum atomic E-state index is 0.427. The summed E-state index contributed by atoms with van der Waals surface area (Å²) in [5, 5.41) is 3.29. The third-order valence-corrected chi connectivity index (χ3v) is 2.38. The first-order valence-electron chi connectivity index (χ1n) is 5.09. The summed E-state index contributed by atoms with van der Waals surface area (Å²) in [6.45, 7) is 1.93. The van der Waals surface area contributed by atoms with Crippen LogP contribution in [0.3, 0.4) is 0 Å². The largest absolute Gasteiger partial charge is 0.481 e. The molecular formula is C11H15N3O. The standard InChI is InChI=1S/C11H15N3O/c1-8-7-10(15-2)14-11(12-8)13-9-5-3-4-6-9/h3-4,7,9H,5-6H2,1-2H3,(H,12,13,14). The lowest BCUT2D eigenvalue weighted by Crippen LogP contribution is -2.17. The molecule has 0 bridgehead atoms. The van der Waals surface area contributed by atoms with Crippen LogP contribution in [0.25, 0.3) is 0 Å². The summed E-state index contributed by atoms with van der Waals surface area (Å²) in [6.07, 6.45) is 6.43. The van der Waals surface area contributed by atoms with Crippen LogP contribution < -0.4 is 10.1 Å². The lowest BCUT2D eigenvalue weighted by Gasteiger charge is -2.12. The molecule has 80 valence electrons. The lowest BCUT2D eigenvalue weighted by atomic mass is 10.2. The van der Waals surface area contributed by atoms with Gasteiger partial charge in [-0.15, -0.1) is 0 Å². The number of hydrogen-bond donors (Lipinski definition) is 1. The Kier molecular flexibility index (Phi) is 2.85. The van der Waals surface area contributed by atoms with Crippen LogP contribution in [0.4, 0.5) is 5.95 Å². The van der Waals surface area contributed by atoms with Crippen LogP contribution in [0, 0.1) is 6.92 Å². The molecule has 1 aromatic rings. The van der Waals surface area contributed by atoms with Crippen molar-refractivity contribution in [1.82, 2.24) is 9.97 Å². The third kappa shape index (κ3) is 2.46. The molecule has 0 radical (unpaired) electrons. The molecule has 0 amide bonds. The van der Waals surface area contributed by atoms with E-state index in [0.717, 1.165) is 18.5 Å². The molecule has 0 unspecified atom stereocenters. The number of nitrogens with zero attached hydrogens (tertiary/aromatic N) is 2. The Morgan fingerprint density at radius 1 is 1.33 bits per heavy atom. The number of hydrogen-bond acceptors (Lipinski definition) is 4. The van der Waals surface area contributed by atoms with Gasteiger partial charge in [-0.1, -0.05) is 12.2 Å². The van der Waals surface area contributed by atoms with E-state index in [4.69, 9.17) is 4.74 Å². The molecule has 1 heterocycles. The molecule has 0 saturated heterocycles. The van der Waals surface area contributed by atoms with Gasteiger partial charge in [-0.3, -0.25) is 0 Å². The van der Waals surface area contributed by atoms with Gasteiger partial charge in [-0.05, 0) is 19.8 Å². The molecule has 0 atom stereocenters. The minimum absolute atomic E-state index is 0.427. The van der Waals surface area contributed by atoms with Crippen molar-refractivity contribution in [1.29, 1.82) is 0 Å². The summed E-state index contributed by atoms with van der Waals surface area (Å²) in [6, 6.07) is 2.24. The second kappa shape index (κ2) is 4.29. The summed E-state index contributed by atoms with van der Waals surface area (Å²) >= 11 is 0. The maximum Gasteiger partial charge on any atom is 0.226 e. The van der Waals surface area contributed by atoms with E-state index in [0.29, 0.717) is 17.9 Å². The Hall–Kier alpha value is -1.58. The number of aromatic nitrogens is 2. The second-order valence-corrected chi connectivity index (χ2v) is 3.66. The monoisotopic (exact) mass is 205 g/mol. The number of aryl methyl sites for hydroxylation is 1. The summed E-state index contributed by atoms with van der Waals surface area (Å²) in [5.41, 5.74) is 0.912. The smallest absolute Gasteiger partial charge is 0.226 e. The Morgan fingerprint density at radius 3 is 2.73 bits per heavy atom. The van der Waals surface area contributed by atoms with Crippen molar-refractivity contribution in [2.45, 2.75) is 25.8 Å². The number of nitrogens with one attached hydrogen (secondary N) is 1. The van der Waals surface area contributed by atoms with Crippen LogP contribution in [0.2, 0.25) is 0 Å². The molecule has 0 saturated carbocycles. The van der Waals surface area contributed by atoms with Crippen LogP contribution in [0.1, 0.15) is 18.5 Å². The maximum atomic E-state index is 5.09. The second-order valence-electron chi connectivity index (χ2n) is 3.66. The van der Waals surface area contributed by atoms with Crippen molar-refractivity contribution in [3.05, 3.63) is 23.9 Å². The van der Waals surface area contributed by atoms with E-state index < -0.39 is 0 Å². The highest BCUT2D eigenvalue weighted by Gasteiger charge is 2.11. The highest BCUT2D eigenvalue weighted by atomic mass is 16.5. The zero-order chi connectivity index (χ0) is 10.7. The summed E-state index contributed by atoms with van der Waals surface area (Å²) in [4.78, 5) is 8.56. The van der Waals surface area contributed by atoms with E-state index in [-0.39, 0.29) is 0 Å². The van der Waals surface area contributed by atoms with E-state index in [1.54, 1.807) is 7.11 Å². The fraction of sp³-hybridized carbons (Fsp3) is 0.455. The Labute approximate surface area is 89.4 Å². The van der Waals surface area contributed by atoms with Crippen molar-refractivity contribution >= 4 is 5.95 Å². The number of methoxy groups -OCH3 is 1. The molecule has 0 aromatic carbocycles. The summed E-state index contributed by atoms with van der Waals surface area (Å²) < 4.78 is 5.09. The Balaban J connectivity index is 2.09. The fourth-order valence-corrected chi connectivity index (χ4v) is 1.63. The molecule has 4 heteroatoms. The normalized spacial score (nSPS) is 15.6. The molecule has 0 fully saturated rings. The molecule has 15 heavy (non-hydrogen) atoms. The summed E-state index contributed by atoms with van der Waals surface area (Å²) in [7, 11) is 1.61. The highest BCUT2D eigenvalue weighted by molar-refractivity contribution is 5.32. The predicted molar refractivity (Wildman–Crippen MR) is 59.1 cm³/mol. The van der Waals surface area contributed by atoms with Gasteiger partial charge < -0.3 is 10.1 Å². The van der Waals surface area contributed by atoms with Gasteiger partial charge in [0, 0.05) is 17.8 Å². The van der Waals surface area contributed by atoms with E-state index >= 15 is 0 Å². The fourth-order valence-electron chi connectivity index (χ4n) is 1.63. The average Bonchev–Trinajstić information content (AvgIpc) is 2.69. The van der Waals surface area contributed by atoms with Gasteiger partial charge in [-0.25, -0.2) is 4.98 Å². The van der Waals surface area contributed by atoms with Crippen molar-refractivity contribution < 1.29 is 4.74 Å². The van der Waals surface area contributed by atoms with Crippen LogP contribution >= 0.6 is 0 Å². The minimum Gasteiger partial charge on any atom is -0.481 e. The Morgan fingerprint density at radius 2 is 2.07 bits per heavy atom. The molecule has 4 nitrogen and oxygen atoms in total. The van der Waals surface area contributed by atoms with Crippen LogP contribution in [0.15, 0.2) is 18.2 Å². The molecule has 1 aliphatic carbocycles. The predicted octanol–water partition coefficient (Wildman–Crippen LogP) is 1.92. The van der Waals surface area contributed by atoms with Gasteiger partial charge in [0.1, 0.15) is 0 Å². The third-order valence-electron chi connectivity index (χ3n) is 2.38. The zero-order valence-corrected chi connectivity index (χ0v) is 9.03. The van der Waals surface area contributed by atoms with Crippen molar-refractivity contribution in [2.24, 2.45) is 0 Å². The van der Waals surface area contributed by atoms with Crippen LogP contribution in [0.5, 0.6) is 5.88 Å². The first kappa shape index (κ1) is 9.96. The van der Waals surface area contributed by atoms with E-state index in [2.05, 4.69) is 27.4 Å². The molecule has 0 aliphatic heterocycles. The average molecular weight is 205 g/mol. The van der Waals surface area contributed by atoms with Crippen molar-refractivity contribution in [3.63, 3.8) is 0 Å². The molecule has 1 aliphatic rings. The van der Waals surface area contributed by atoms with Crippen molar-refractivity contribution in [3.8, 4) is 5.88 Å². The summed E-state index contributed by atoms with van der Waals surface area (Å²) in [5.74, 6) is 1.26. The Bertz CT molecular complexity index is 368. The van der Waals surface area contributed by atoms with Gasteiger partial charge in [0.05, 0.1) is 7.11 Å². The van der Waals surface area contributed by atoms with Crippen molar-refractivity contribution in [2.75, 3.05) is 12.4 Å². The number of ether oxygens (including phenoxy) is 1.